The third-order valence-electron chi connectivity index (χ3n) is 3.95. The topological polar surface area (TPSA) is 72.8 Å². The molecule has 0 aliphatic heterocycles. The number of rotatable bonds is 5. The van der Waals surface area contributed by atoms with Crippen LogP contribution in [0.4, 0.5) is 4.39 Å². The zero-order valence-corrected chi connectivity index (χ0v) is 12.4. The Morgan fingerprint density at radius 3 is 2.50 bits per heavy atom. The van der Waals surface area contributed by atoms with Crippen molar-refractivity contribution in [2.24, 2.45) is 5.92 Å². The Bertz CT molecular complexity index is 549. The van der Waals surface area contributed by atoms with Crippen LogP contribution >= 0.6 is 0 Å². The second-order valence-corrected chi connectivity index (χ2v) is 5.49. The molecule has 6 heteroatoms. The van der Waals surface area contributed by atoms with Gasteiger partial charge >= 0.3 is 11.9 Å². The van der Waals surface area contributed by atoms with Gasteiger partial charge in [0, 0.05) is 6.42 Å². The van der Waals surface area contributed by atoms with Crippen molar-refractivity contribution < 1.29 is 28.6 Å². The van der Waals surface area contributed by atoms with Gasteiger partial charge in [0.2, 0.25) is 0 Å². The van der Waals surface area contributed by atoms with E-state index in [1.54, 1.807) is 0 Å². The summed E-state index contributed by atoms with van der Waals surface area (Å²) in [6, 6.07) is 3.63. The van der Waals surface area contributed by atoms with Crippen LogP contribution in [-0.4, -0.2) is 30.3 Å². The number of carbonyl (C=O) groups excluding carboxylic acids is 1. The quantitative estimate of drug-likeness (QED) is 0.846. The summed E-state index contributed by atoms with van der Waals surface area (Å²) in [6.45, 7) is 0. The number of hydrogen-bond donors (Lipinski definition) is 1. The summed E-state index contributed by atoms with van der Waals surface area (Å²) in [5.74, 6) is -1.70. The molecule has 5 nitrogen and oxygen atoms in total. The van der Waals surface area contributed by atoms with E-state index in [0.29, 0.717) is 6.42 Å². The molecule has 120 valence electrons. The van der Waals surface area contributed by atoms with Gasteiger partial charge in [-0.15, -0.1) is 0 Å². The Kier molecular flexibility index (Phi) is 5.35. The van der Waals surface area contributed by atoms with Crippen LogP contribution in [0.5, 0.6) is 5.75 Å². The first-order valence-electron chi connectivity index (χ1n) is 7.26. The first-order chi connectivity index (χ1) is 10.5. The number of halogens is 1. The molecule has 2 rings (SSSR count). The van der Waals surface area contributed by atoms with Crippen LogP contribution in [0.15, 0.2) is 18.2 Å². The molecule has 1 aliphatic rings. The molecule has 1 aromatic rings. The molecule has 0 amide bonds. The van der Waals surface area contributed by atoms with E-state index in [0.717, 1.165) is 31.7 Å². The Morgan fingerprint density at radius 1 is 1.27 bits per heavy atom. The molecule has 0 unspecified atom stereocenters. The number of carbonyl (C=O) groups is 2. The summed E-state index contributed by atoms with van der Waals surface area (Å²) in [4.78, 5) is 22.0. The van der Waals surface area contributed by atoms with Crippen molar-refractivity contribution in [3.63, 3.8) is 0 Å². The number of carboxylic acid groups (broad SMARTS) is 1. The summed E-state index contributed by atoms with van der Waals surface area (Å²) in [7, 11) is 1.38. The average Bonchev–Trinajstić information content (AvgIpc) is 2.50. The molecule has 0 bridgehead atoms. The number of aromatic carboxylic acids is 1. The van der Waals surface area contributed by atoms with Gasteiger partial charge in [0.1, 0.15) is 0 Å². The number of ether oxygens (including phenoxy) is 2. The SMILES string of the molecule is COC(=O)C[C@H]1CC[C@@H](Oc2ccc(C(=O)O)cc2F)CC1. The van der Waals surface area contributed by atoms with E-state index in [4.69, 9.17) is 9.84 Å². The molecular weight excluding hydrogens is 291 g/mol. The van der Waals surface area contributed by atoms with Crippen LogP contribution in [0.1, 0.15) is 42.5 Å². The van der Waals surface area contributed by atoms with Crippen molar-refractivity contribution in [1.29, 1.82) is 0 Å². The molecule has 0 atom stereocenters. The molecule has 1 saturated carbocycles. The van der Waals surface area contributed by atoms with Crippen LogP contribution in [-0.2, 0) is 9.53 Å². The van der Waals surface area contributed by atoms with Gasteiger partial charge in [-0.1, -0.05) is 0 Å². The van der Waals surface area contributed by atoms with Crippen molar-refractivity contribution in [3.8, 4) is 5.75 Å². The molecule has 1 fully saturated rings. The van der Waals surface area contributed by atoms with E-state index < -0.39 is 11.8 Å². The summed E-state index contributed by atoms with van der Waals surface area (Å²) in [5.41, 5.74) is -0.105. The predicted octanol–water partition coefficient (Wildman–Crippen LogP) is 3.02. The molecule has 0 saturated heterocycles. The first-order valence-corrected chi connectivity index (χ1v) is 7.26. The summed E-state index contributed by atoms with van der Waals surface area (Å²) < 4.78 is 24.1. The molecular formula is C16H19FO5. The fourth-order valence-electron chi connectivity index (χ4n) is 2.68. The normalized spacial score (nSPS) is 21.2. The maximum absolute atomic E-state index is 13.8. The van der Waals surface area contributed by atoms with Crippen molar-refractivity contribution in [1.82, 2.24) is 0 Å². The van der Waals surface area contributed by atoms with Gasteiger partial charge in [-0.05, 0) is 49.8 Å². The van der Waals surface area contributed by atoms with Gasteiger partial charge in [-0.3, -0.25) is 4.79 Å². The Labute approximate surface area is 128 Å². The van der Waals surface area contributed by atoms with Crippen LogP contribution < -0.4 is 4.74 Å². The molecule has 0 heterocycles. The first kappa shape index (κ1) is 16.3. The third-order valence-corrected chi connectivity index (χ3v) is 3.95. The minimum atomic E-state index is -1.17. The summed E-state index contributed by atoms with van der Waals surface area (Å²) in [5, 5.41) is 8.80. The number of benzene rings is 1. The summed E-state index contributed by atoms with van der Waals surface area (Å²) >= 11 is 0. The van der Waals surface area contributed by atoms with Gasteiger partial charge in [0.05, 0.1) is 18.8 Å². The minimum absolute atomic E-state index is 0.0708. The fraction of sp³-hybridized carbons (Fsp3) is 0.500. The van der Waals surface area contributed by atoms with Crippen molar-refractivity contribution in [2.75, 3.05) is 7.11 Å². The lowest BCUT2D eigenvalue weighted by Crippen LogP contribution is -2.25. The molecule has 0 aromatic heterocycles. The van der Waals surface area contributed by atoms with E-state index in [2.05, 4.69) is 4.74 Å². The second kappa shape index (κ2) is 7.24. The molecule has 1 N–H and O–H groups in total. The van der Waals surface area contributed by atoms with Crippen molar-refractivity contribution >= 4 is 11.9 Å². The van der Waals surface area contributed by atoms with Crippen LogP contribution in [0.25, 0.3) is 0 Å². The van der Waals surface area contributed by atoms with E-state index in [1.165, 1.54) is 19.2 Å². The lowest BCUT2D eigenvalue weighted by Gasteiger charge is -2.28. The third kappa shape index (κ3) is 4.19. The van der Waals surface area contributed by atoms with Gasteiger partial charge in [0.25, 0.3) is 0 Å². The zero-order valence-electron chi connectivity index (χ0n) is 12.4. The minimum Gasteiger partial charge on any atom is -0.487 e. The lowest BCUT2D eigenvalue weighted by molar-refractivity contribution is -0.142. The van der Waals surface area contributed by atoms with E-state index >= 15 is 0 Å². The Morgan fingerprint density at radius 2 is 1.95 bits per heavy atom. The van der Waals surface area contributed by atoms with Crippen LogP contribution in [0, 0.1) is 11.7 Å². The Balaban J connectivity index is 1.88. The highest BCUT2D eigenvalue weighted by molar-refractivity contribution is 5.87. The van der Waals surface area contributed by atoms with Gasteiger partial charge in [-0.25, -0.2) is 9.18 Å². The lowest BCUT2D eigenvalue weighted by atomic mass is 9.85. The number of hydrogen-bond acceptors (Lipinski definition) is 4. The highest BCUT2D eigenvalue weighted by atomic mass is 19.1. The zero-order chi connectivity index (χ0) is 16.1. The Hall–Kier alpha value is -2.11. The second-order valence-electron chi connectivity index (χ2n) is 5.49. The molecule has 0 spiro atoms. The van der Waals surface area contributed by atoms with Gasteiger partial charge in [0.15, 0.2) is 11.6 Å². The van der Waals surface area contributed by atoms with Gasteiger partial charge < -0.3 is 14.6 Å². The smallest absolute Gasteiger partial charge is 0.335 e. The van der Waals surface area contributed by atoms with Crippen LogP contribution in [0.3, 0.4) is 0 Å². The molecule has 0 radical (unpaired) electrons. The maximum atomic E-state index is 13.8. The van der Waals surface area contributed by atoms with E-state index in [1.807, 2.05) is 0 Å². The largest absolute Gasteiger partial charge is 0.487 e. The van der Waals surface area contributed by atoms with Crippen molar-refractivity contribution in [2.45, 2.75) is 38.2 Å². The highest BCUT2D eigenvalue weighted by Gasteiger charge is 2.25. The molecule has 22 heavy (non-hydrogen) atoms. The fourth-order valence-corrected chi connectivity index (χ4v) is 2.68. The molecule has 1 aliphatic carbocycles. The number of methoxy groups -OCH3 is 1. The monoisotopic (exact) mass is 310 g/mol. The standard InChI is InChI=1S/C16H19FO5/c1-21-15(18)8-10-2-5-12(6-3-10)22-14-7-4-11(16(19)20)9-13(14)17/h4,7,9-10,12H,2-3,5-6,8H2,1H3,(H,19,20)/t10-,12+. The van der Waals surface area contributed by atoms with E-state index in [-0.39, 0.29) is 29.3 Å². The highest BCUT2D eigenvalue weighted by Crippen LogP contribution is 2.30. The maximum Gasteiger partial charge on any atom is 0.335 e. The number of carboxylic acids is 1. The number of esters is 1. The van der Waals surface area contributed by atoms with E-state index in [9.17, 15) is 14.0 Å². The summed E-state index contributed by atoms with van der Waals surface area (Å²) in [6.07, 6.45) is 3.43. The van der Waals surface area contributed by atoms with Gasteiger partial charge in [-0.2, -0.15) is 0 Å². The predicted molar refractivity (Wildman–Crippen MR) is 76.4 cm³/mol. The average molecular weight is 310 g/mol. The van der Waals surface area contributed by atoms with Crippen LogP contribution in [0.2, 0.25) is 0 Å². The molecule has 1 aromatic carbocycles. The van der Waals surface area contributed by atoms with Crippen molar-refractivity contribution in [3.05, 3.63) is 29.6 Å².